The van der Waals surface area contributed by atoms with E-state index in [1.807, 2.05) is 60.7 Å². The molecule has 3 aromatic carbocycles. The van der Waals surface area contributed by atoms with Gasteiger partial charge in [-0.1, -0.05) is 73.3 Å². The molecule has 45 heavy (non-hydrogen) atoms. The van der Waals surface area contributed by atoms with Gasteiger partial charge < -0.3 is 30.5 Å². The molecule has 3 N–H and O–H groups in total. The van der Waals surface area contributed by atoms with Crippen LogP contribution in [0.2, 0.25) is 0 Å². The minimum absolute atomic E-state index is 0.0684. The zero-order chi connectivity index (χ0) is 32.0. The van der Waals surface area contributed by atoms with Gasteiger partial charge in [0.1, 0.15) is 12.6 Å². The maximum atomic E-state index is 13.5. The summed E-state index contributed by atoms with van der Waals surface area (Å²) < 4.78 is 5.34. The highest BCUT2D eigenvalue weighted by Crippen LogP contribution is 2.18. The number of ether oxygens (including phenoxy) is 1. The van der Waals surface area contributed by atoms with Gasteiger partial charge in [0, 0.05) is 38.3 Å². The first-order chi connectivity index (χ1) is 21.9. The van der Waals surface area contributed by atoms with Crippen molar-refractivity contribution in [3.63, 3.8) is 0 Å². The molecule has 4 rings (SSSR count). The molecule has 0 spiro atoms. The highest BCUT2D eigenvalue weighted by atomic mass is 16.5. The molecule has 1 saturated heterocycles. The summed E-state index contributed by atoms with van der Waals surface area (Å²) in [5, 5.41) is 9.88. The fourth-order valence-corrected chi connectivity index (χ4v) is 5.10. The smallest absolute Gasteiger partial charge is 0.408 e. The van der Waals surface area contributed by atoms with Crippen LogP contribution in [0.4, 0.5) is 4.79 Å². The van der Waals surface area contributed by atoms with Crippen molar-refractivity contribution in [2.24, 2.45) is 0 Å². The van der Waals surface area contributed by atoms with Crippen LogP contribution in [0.15, 0.2) is 85.5 Å². The molecule has 11 heteroatoms. The lowest BCUT2D eigenvalue weighted by Crippen LogP contribution is -2.56. The van der Waals surface area contributed by atoms with E-state index in [-0.39, 0.29) is 49.9 Å². The SMILES string of the molecule is C=CC(=O)NCCCC[C@H](NC(=O)OCc1ccccc1)C(=O)N1CCN(C(=O)CNC(=O)c2cccc3ccccc23)CC1. The number of amides is 5. The third kappa shape index (κ3) is 9.65. The van der Waals surface area contributed by atoms with E-state index < -0.39 is 12.1 Å². The first-order valence-corrected chi connectivity index (χ1v) is 15.1. The Bertz CT molecular complexity index is 1500. The second-order valence-corrected chi connectivity index (χ2v) is 10.7. The molecular weight excluding hydrogens is 574 g/mol. The molecule has 1 heterocycles. The molecule has 0 unspecified atom stereocenters. The Morgan fingerprint density at radius 2 is 1.51 bits per heavy atom. The normalized spacial score (nSPS) is 13.4. The summed E-state index contributed by atoms with van der Waals surface area (Å²) >= 11 is 0. The minimum atomic E-state index is -0.828. The lowest BCUT2D eigenvalue weighted by molar-refractivity contribution is -0.140. The van der Waals surface area contributed by atoms with Crippen LogP contribution in [0.1, 0.15) is 35.2 Å². The van der Waals surface area contributed by atoms with Crippen LogP contribution in [-0.4, -0.2) is 84.8 Å². The van der Waals surface area contributed by atoms with Crippen LogP contribution in [0.3, 0.4) is 0 Å². The van der Waals surface area contributed by atoms with Gasteiger partial charge in [0.15, 0.2) is 0 Å². The van der Waals surface area contributed by atoms with Gasteiger partial charge >= 0.3 is 6.09 Å². The molecule has 0 saturated carbocycles. The number of carbonyl (C=O) groups excluding carboxylic acids is 5. The Labute approximate surface area is 262 Å². The molecule has 1 aliphatic rings. The molecular formula is C34H39N5O6. The largest absolute Gasteiger partial charge is 0.445 e. The van der Waals surface area contributed by atoms with E-state index in [0.29, 0.717) is 44.5 Å². The lowest BCUT2D eigenvalue weighted by Gasteiger charge is -2.36. The summed E-state index contributed by atoms with van der Waals surface area (Å²) in [7, 11) is 0. The van der Waals surface area contributed by atoms with E-state index in [9.17, 15) is 24.0 Å². The number of rotatable bonds is 13. The molecule has 3 aromatic rings. The van der Waals surface area contributed by atoms with Crippen molar-refractivity contribution in [2.45, 2.75) is 31.9 Å². The zero-order valence-corrected chi connectivity index (χ0v) is 25.2. The van der Waals surface area contributed by atoms with Gasteiger partial charge in [-0.2, -0.15) is 0 Å². The van der Waals surface area contributed by atoms with Crippen molar-refractivity contribution in [1.29, 1.82) is 0 Å². The molecule has 0 aliphatic carbocycles. The molecule has 5 amide bonds. The quantitative estimate of drug-likeness (QED) is 0.200. The fraction of sp³-hybridized carbons (Fsp3) is 0.324. The Morgan fingerprint density at radius 3 is 2.27 bits per heavy atom. The molecule has 0 bridgehead atoms. The Balaban J connectivity index is 1.27. The van der Waals surface area contributed by atoms with Crippen LogP contribution in [0, 0.1) is 0 Å². The second-order valence-electron chi connectivity index (χ2n) is 10.7. The first kappa shape index (κ1) is 32.7. The Morgan fingerprint density at radius 1 is 0.822 bits per heavy atom. The molecule has 236 valence electrons. The van der Waals surface area contributed by atoms with Gasteiger partial charge in [0.2, 0.25) is 17.7 Å². The van der Waals surface area contributed by atoms with Crippen LogP contribution in [0.25, 0.3) is 10.8 Å². The number of unbranched alkanes of at least 4 members (excludes halogenated alkanes) is 1. The van der Waals surface area contributed by atoms with Gasteiger partial charge in [-0.05, 0) is 47.7 Å². The van der Waals surface area contributed by atoms with Gasteiger partial charge in [-0.3, -0.25) is 19.2 Å². The van der Waals surface area contributed by atoms with E-state index in [2.05, 4.69) is 22.5 Å². The third-order valence-corrected chi connectivity index (χ3v) is 7.59. The summed E-state index contributed by atoms with van der Waals surface area (Å²) in [5.41, 5.74) is 1.32. The Hall–Kier alpha value is -5.19. The van der Waals surface area contributed by atoms with E-state index in [1.54, 1.807) is 21.9 Å². The van der Waals surface area contributed by atoms with Crippen LogP contribution >= 0.6 is 0 Å². The molecule has 0 aromatic heterocycles. The molecule has 1 atom stereocenters. The van der Waals surface area contributed by atoms with Gasteiger partial charge in [0.05, 0.1) is 6.54 Å². The average Bonchev–Trinajstić information content (AvgIpc) is 3.08. The molecule has 1 aliphatic heterocycles. The predicted octanol–water partition coefficient (Wildman–Crippen LogP) is 3.01. The van der Waals surface area contributed by atoms with Gasteiger partial charge in [-0.25, -0.2) is 4.79 Å². The van der Waals surface area contributed by atoms with Gasteiger partial charge in [0.25, 0.3) is 5.91 Å². The maximum absolute atomic E-state index is 13.5. The topological polar surface area (TPSA) is 137 Å². The van der Waals surface area contributed by atoms with Crippen molar-refractivity contribution < 1.29 is 28.7 Å². The molecule has 0 radical (unpaired) electrons. The summed E-state index contributed by atoms with van der Waals surface area (Å²) in [6, 6.07) is 21.4. The number of carbonyl (C=O) groups is 5. The number of nitrogens with zero attached hydrogens (tertiary/aromatic N) is 2. The van der Waals surface area contributed by atoms with E-state index >= 15 is 0 Å². The first-order valence-electron chi connectivity index (χ1n) is 15.1. The number of hydrogen-bond donors (Lipinski definition) is 3. The molecule has 11 nitrogen and oxygen atoms in total. The highest BCUT2D eigenvalue weighted by molar-refractivity contribution is 6.07. The monoisotopic (exact) mass is 613 g/mol. The standard InChI is InChI=1S/C34H39N5O6/c1-2-30(40)35-18-9-8-17-29(37-34(44)45-24-25-11-4-3-5-12-25)33(43)39-21-19-38(20-22-39)31(41)23-36-32(42)28-16-10-14-26-13-6-7-15-27(26)28/h2-7,10-16,29H,1,8-9,17-24H2,(H,35,40)(H,36,42)(H,37,44)/t29-/m0/s1. The Kier molecular flexibility index (Phi) is 12.1. The summed E-state index contributed by atoms with van der Waals surface area (Å²) in [6.45, 7) is 4.93. The summed E-state index contributed by atoms with van der Waals surface area (Å²) in [6.07, 6.45) is 2.02. The maximum Gasteiger partial charge on any atom is 0.408 e. The number of alkyl carbamates (subject to hydrolysis) is 1. The minimum Gasteiger partial charge on any atom is -0.445 e. The van der Waals surface area contributed by atoms with E-state index in [1.165, 1.54) is 6.08 Å². The van der Waals surface area contributed by atoms with E-state index in [4.69, 9.17) is 4.74 Å². The number of hydrogen-bond acceptors (Lipinski definition) is 6. The highest BCUT2D eigenvalue weighted by Gasteiger charge is 2.30. The number of fused-ring (bicyclic) bond motifs is 1. The van der Waals surface area contributed by atoms with Crippen molar-refractivity contribution >= 4 is 40.5 Å². The number of benzene rings is 3. The lowest BCUT2D eigenvalue weighted by atomic mass is 10.0. The number of piperazine rings is 1. The van der Waals surface area contributed by atoms with Crippen molar-refractivity contribution in [3.8, 4) is 0 Å². The fourth-order valence-electron chi connectivity index (χ4n) is 5.10. The molecule has 1 fully saturated rings. The van der Waals surface area contributed by atoms with Crippen molar-refractivity contribution in [3.05, 3.63) is 96.6 Å². The number of nitrogens with one attached hydrogen (secondary N) is 3. The average molecular weight is 614 g/mol. The van der Waals surface area contributed by atoms with Gasteiger partial charge in [-0.15, -0.1) is 0 Å². The van der Waals surface area contributed by atoms with Crippen molar-refractivity contribution in [1.82, 2.24) is 25.8 Å². The third-order valence-electron chi connectivity index (χ3n) is 7.59. The zero-order valence-electron chi connectivity index (χ0n) is 25.2. The van der Waals surface area contributed by atoms with Crippen molar-refractivity contribution in [2.75, 3.05) is 39.3 Å². The predicted molar refractivity (Wildman–Crippen MR) is 170 cm³/mol. The summed E-state index contributed by atoms with van der Waals surface area (Å²) in [4.78, 5) is 66.5. The van der Waals surface area contributed by atoms with E-state index in [0.717, 1.165) is 16.3 Å². The summed E-state index contributed by atoms with van der Waals surface area (Å²) in [5.74, 6) is -1.11. The van der Waals surface area contributed by atoms with Crippen LogP contribution in [-0.2, 0) is 25.7 Å². The van der Waals surface area contributed by atoms with Crippen LogP contribution < -0.4 is 16.0 Å². The second kappa shape index (κ2) is 16.6. The van der Waals surface area contributed by atoms with Crippen LogP contribution in [0.5, 0.6) is 0 Å².